The summed E-state index contributed by atoms with van der Waals surface area (Å²) in [5.41, 5.74) is 6.04. The fourth-order valence-electron chi connectivity index (χ4n) is 2.53. The predicted octanol–water partition coefficient (Wildman–Crippen LogP) is 1.17. The third kappa shape index (κ3) is 4.03. The lowest BCUT2D eigenvalue weighted by Crippen LogP contribution is -2.34. The van der Waals surface area contributed by atoms with Crippen LogP contribution in [0.15, 0.2) is 29.2 Å². The molecule has 23 heavy (non-hydrogen) atoms. The minimum Gasteiger partial charge on any atom is -0.345 e. The topological polar surface area (TPSA) is 83.7 Å². The van der Waals surface area contributed by atoms with Crippen LogP contribution >= 0.6 is 12.4 Å². The van der Waals surface area contributed by atoms with Crippen LogP contribution < -0.4 is 5.73 Å². The highest BCUT2D eigenvalue weighted by Crippen LogP contribution is 2.32. The molecular weight excluding hydrogens is 338 g/mol. The van der Waals surface area contributed by atoms with Gasteiger partial charge >= 0.3 is 0 Å². The predicted molar refractivity (Wildman–Crippen MR) is 92.2 cm³/mol. The lowest BCUT2D eigenvalue weighted by molar-refractivity contribution is 0.0827. The molecule has 1 unspecified atom stereocenters. The van der Waals surface area contributed by atoms with Gasteiger partial charge in [0.2, 0.25) is 10.0 Å². The number of rotatable bonds is 4. The molecule has 0 saturated carbocycles. The summed E-state index contributed by atoms with van der Waals surface area (Å²) in [5.74, 6) is -0.152. The molecule has 0 aromatic heterocycles. The largest absolute Gasteiger partial charge is 0.345 e. The van der Waals surface area contributed by atoms with E-state index in [9.17, 15) is 13.2 Å². The Morgan fingerprint density at radius 1 is 1.30 bits per heavy atom. The summed E-state index contributed by atoms with van der Waals surface area (Å²) in [6.45, 7) is 3.38. The average Bonchev–Trinajstić information content (AvgIpc) is 2.90. The molecule has 2 rings (SSSR count). The van der Waals surface area contributed by atoms with E-state index in [0.717, 1.165) is 6.42 Å². The maximum atomic E-state index is 12.6. The molecule has 130 valence electrons. The molecule has 6 nitrogen and oxygen atoms in total. The van der Waals surface area contributed by atoms with Gasteiger partial charge in [-0.05, 0) is 42.6 Å². The van der Waals surface area contributed by atoms with Crippen LogP contribution in [-0.4, -0.2) is 57.3 Å². The van der Waals surface area contributed by atoms with E-state index in [4.69, 9.17) is 5.73 Å². The Labute approximate surface area is 144 Å². The molecule has 0 radical (unpaired) electrons. The van der Waals surface area contributed by atoms with Crippen LogP contribution in [0.2, 0.25) is 0 Å². The second-order valence-electron chi connectivity index (χ2n) is 6.33. The molecule has 0 bridgehead atoms. The Hall–Kier alpha value is -1.15. The number of nitrogens with zero attached hydrogens (tertiary/aromatic N) is 2. The summed E-state index contributed by atoms with van der Waals surface area (Å²) >= 11 is 0. The van der Waals surface area contributed by atoms with Crippen LogP contribution in [0.4, 0.5) is 0 Å². The molecule has 8 heteroatoms. The van der Waals surface area contributed by atoms with E-state index in [0.29, 0.717) is 25.2 Å². The highest BCUT2D eigenvalue weighted by Gasteiger charge is 2.38. The van der Waals surface area contributed by atoms with Crippen LogP contribution in [0.5, 0.6) is 0 Å². The van der Waals surface area contributed by atoms with Crippen molar-refractivity contribution >= 4 is 28.3 Å². The SMILES string of the molecule is CN(C)C(=O)c1ccc(S(=O)(=O)N2CCC(C)(CN)C2)cc1.Cl. The Kier molecular flexibility index (Phi) is 6.20. The summed E-state index contributed by atoms with van der Waals surface area (Å²) in [6.07, 6.45) is 0.764. The smallest absolute Gasteiger partial charge is 0.253 e. The van der Waals surface area contributed by atoms with Crippen molar-refractivity contribution in [2.45, 2.75) is 18.2 Å². The lowest BCUT2D eigenvalue weighted by Gasteiger charge is -2.22. The van der Waals surface area contributed by atoms with Gasteiger partial charge in [0, 0.05) is 32.7 Å². The Balaban J connectivity index is 0.00000264. The van der Waals surface area contributed by atoms with Gasteiger partial charge < -0.3 is 10.6 Å². The Bertz CT molecular complexity index is 661. The zero-order valence-corrected chi connectivity index (χ0v) is 15.3. The fourth-order valence-corrected chi connectivity index (χ4v) is 4.12. The quantitative estimate of drug-likeness (QED) is 0.872. The summed E-state index contributed by atoms with van der Waals surface area (Å²) in [7, 11) is -0.214. The minimum absolute atomic E-state index is 0. The van der Waals surface area contributed by atoms with Crippen LogP contribution in [0.25, 0.3) is 0 Å². The van der Waals surface area contributed by atoms with E-state index < -0.39 is 10.0 Å². The molecule has 1 atom stereocenters. The first-order valence-electron chi connectivity index (χ1n) is 7.21. The number of carbonyl (C=O) groups is 1. The normalized spacial score (nSPS) is 21.7. The standard InChI is InChI=1S/C15H23N3O3S.ClH/c1-15(10-16)8-9-18(11-15)22(20,21)13-6-4-12(5-7-13)14(19)17(2)3;/h4-7H,8-11,16H2,1-3H3;1H. The van der Waals surface area contributed by atoms with Crippen LogP contribution in [0.1, 0.15) is 23.7 Å². The summed E-state index contributed by atoms with van der Waals surface area (Å²) < 4.78 is 26.8. The second kappa shape index (κ2) is 7.17. The first kappa shape index (κ1) is 19.9. The number of amides is 1. The monoisotopic (exact) mass is 361 g/mol. The number of hydrogen-bond acceptors (Lipinski definition) is 4. The van der Waals surface area contributed by atoms with Crippen LogP contribution in [0, 0.1) is 5.41 Å². The fraction of sp³-hybridized carbons (Fsp3) is 0.533. The van der Waals surface area contributed by atoms with E-state index in [1.807, 2.05) is 6.92 Å². The van der Waals surface area contributed by atoms with Crippen molar-refractivity contribution in [3.05, 3.63) is 29.8 Å². The molecule has 1 aliphatic heterocycles. The van der Waals surface area contributed by atoms with Crippen molar-refractivity contribution in [1.82, 2.24) is 9.21 Å². The summed E-state index contributed by atoms with van der Waals surface area (Å²) in [5, 5.41) is 0. The van der Waals surface area contributed by atoms with Crippen LogP contribution in [0.3, 0.4) is 0 Å². The summed E-state index contributed by atoms with van der Waals surface area (Å²) in [4.78, 5) is 13.5. The maximum Gasteiger partial charge on any atom is 0.253 e. The molecule has 1 saturated heterocycles. The number of hydrogen-bond donors (Lipinski definition) is 1. The molecule has 1 aromatic rings. The van der Waals surface area contributed by atoms with Gasteiger partial charge in [0.1, 0.15) is 0 Å². The van der Waals surface area contributed by atoms with Crippen LogP contribution in [-0.2, 0) is 10.0 Å². The lowest BCUT2D eigenvalue weighted by atomic mass is 9.90. The minimum atomic E-state index is -3.53. The zero-order valence-electron chi connectivity index (χ0n) is 13.7. The van der Waals surface area contributed by atoms with Gasteiger partial charge in [-0.15, -0.1) is 12.4 Å². The number of halogens is 1. The molecule has 1 amide bonds. The molecular formula is C15H24ClN3O3S. The van der Waals surface area contributed by atoms with E-state index in [2.05, 4.69) is 0 Å². The third-order valence-corrected chi connectivity index (χ3v) is 6.02. The molecule has 1 fully saturated rings. The maximum absolute atomic E-state index is 12.6. The zero-order chi connectivity index (χ0) is 16.5. The van der Waals surface area contributed by atoms with Crippen molar-refractivity contribution in [2.75, 3.05) is 33.7 Å². The van der Waals surface area contributed by atoms with E-state index >= 15 is 0 Å². The Morgan fingerprint density at radius 2 is 1.87 bits per heavy atom. The van der Waals surface area contributed by atoms with Crippen molar-refractivity contribution in [3.8, 4) is 0 Å². The van der Waals surface area contributed by atoms with Gasteiger partial charge in [-0.2, -0.15) is 4.31 Å². The van der Waals surface area contributed by atoms with Crippen molar-refractivity contribution in [1.29, 1.82) is 0 Å². The van der Waals surface area contributed by atoms with Crippen molar-refractivity contribution in [3.63, 3.8) is 0 Å². The second-order valence-corrected chi connectivity index (χ2v) is 8.27. The highest BCUT2D eigenvalue weighted by molar-refractivity contribution is 7.89. The van der Waals surface area contributed by atoms with Gasteiger partial charge in [-0.1, -0.05) is 6.92 Å². The van der Waals surface area contributed by atoms with E-state index in [1.165, 1.54) is 21.3 Å². The first-order valence-corrected chi connectivity index (χ1v) is 8.65. The number of carbonyl (C=O) groups excluding carboxylic acids is 1. The van der Waals surface area contributed by atoms with E-state index in [1.54, 1.807) is 26.2 Å². The molecule has 1 aromatic carbocycles. The Morgan fingerprint density at radius 3 is 2.30 bits per heavy atom. The average molecular weight is 362 g/mol. The number of benzene rings is 1. The molecule has 1 heterocycles. The molecule has 0 spiro atoms. The first-order chi connectivity index (χ1) is 10.2. The molecule has 1 aliphatic rings. The van der Waals surface area contributed by atoms with Gasteiger partial charge in [0.05, 0.1) is 4.90 Å². The van der Waals surface area contributed by atoms with Gasteiger partial charge in [0.25, 0.3) is 5.91 Å². The summed E-state index contributed by atoms with van der Waals surface area (Å²) in [6, 6.07) is 6.08. The number of sulfonamides is 1. The third-order valence-electron chi connectivity index (χ3n) is 4.16. The van der Waals surface area contributed by atoms with E-state index in [-0.39, 0.29) is 28.6 Å². The molecule has 0 aliphatic carbocycles. The molecule has 2 N–H and O–H groups in total. The number of nitrogens with two attached hydrogens (primary N) is 1. The van der Waals surface area contributed by atoms with Gasteiger partial charge in [-0.25, -0.2) is 8.42 Å². The van der Waals surface area contributed by atoms with Gasteiger partial charge in [-0.3, -0.25) is 4.79 Å². The van der Waals surface area contributed by atoms with Crippen molar-refractivity contribution < 1.29 is 13.2 Å². The highest BCUT2D eigenvalue weighted by atomic mass is 35.5. The van der Waals surface area contributed by atoms with Gasteiger partial charge in [0.15, 0.2) is 0 Å². The van der Waals surface area contributed by atoms with Crippen molar-refractivity contribution in [2.24, 2.45) is 11.1 Å².